The summed E-state index contributed by atoms with van der Waals surface area (Å²) in [5.74, 6) is -0.562. The molecule has 0 aliphatic carbocycles. The van der Waals surface area contributed by atoms with E-state index in [0.29, 0.717) is 12.0 Å². The Labute approximate surface area is 138 Å². The van der Waals surface area contributed by atoms with Gasteiger partial charge >= 0.3 is 5.97 Å². The normalized spacial score (nSPS) is 9.04. The van der Waals surface area contributed by atoms with Gasteiger partial charge in [0.1, 0.15) is 11.4 Å². The fourth-order valence-electron chi connectivity index (χ4n) is 1.13. The third kappa shape index (κ3) is 8.90. The highest BCUT2D eigenvalue weighted by Crippen LogP contribution is 2.27. The van der Waals surface area contributed by atoms with Crippen molar-refractivity contribution in [3.8, 4) is 6.07 Å². The van der Waals surface area contributed by atoms with Gasteiger partial charge in [0.25, 0.3) is 6.47 Å². The van der Waals surface area contributed by atoms with Crippen LogP contribution in [0.4, 0.5) is 5.69 Å². The van der Waals surface area contributed by atoms with Crippen LogP contribution in [-0.2, 0) is 9.53 Å². The molecule has 0 radical (unpaired) electrons. The number of carboxylic acid groups (broad SMARTS) is 1. The monoisotopic (exact) mass is 341 g/mol. The first-order valence-corrected chi connectivity index (χ1v) is 7.20. The number of nitriles is 1. The number of hydrogen-bond donors (Lipinski definition) is 3. The molecule has 0 bridgehead atoms. The Kier molecular flexibility index (Phi) is 13.7. The molecule has 9 heteroatoms. The molecule has 0 aliphatic heterocycles. The highest BCUT2D eigenvalue weighted by molar-refractivity contribution is 7.12. The maximum Gasteiger partial charge on any atom is 0.341 e. The lowest BCUT2D eigenvalue weighted by Gasteiger charge is -2.05. The van der Waals surface area contributed by atoms with Crippen molar-refractivity contribution >= 4 is 35.8 Å². The Hall–Kier alpha value is -2.86. The molecular formula is C14H19N3O5S. The molecule has 0 atom stereocenters. The van der Waals surface area contributed by atoms with Crippen LogP contribution in [-0.4, -0.2) is 30.9 Å². The zero-order valence-corrected chi connectivity index (χ0v) is 13.8. The van der Waals surface area contributed by atoms with E-state index in [0.717, 1.165) is 17.4 Å². The van der Waals surface area contributed by atoms with Crippen molar-refractivity contribution in [2.75, 3.05) is 12.4 Å². The second-order valence-electron chi connectivity index (χ2n) is 3.66. The summed E-state index contributed by atoms with van der Waals surface area (Å²) in [5, 5.41) is 19.5. The molecule has 0 aliphatic rings. The van der Waals surface area contributed by atoms with E-state index in [4.69, 9.17) is 20.9 Å². The molecule has 1 aromatic heterocycles. The van der Waals surface area contributed by atoms with Crippen LogP contribution in [0, 0.1) is 11.3 Å². The second kappa shape index (κ2) is 14.1. The average molecular weight is 341 g/mol. The van der Waals surface area contributed by atoms with Gasteiger partial charge in [0, 0.05) is 5.38 Å². The summed E-state index contributed by atoms with van der Waals surface area (Å²) in [4.78, 5) is 30.8. The number of carbonyl (C=O) groups excluding carboxylic acids is 2. The summed E-state index contributed by atoms with van der Waals surface area (Å²) in [7, 11) is 1.22. The van der Waals surface area contributed by atoms with E-state index in [9.17, 15) is 9.59 Å². The maximum atomic E-state index is 11.5. The molecule has 1 rings (SSSR count). The summed E-state index contributed by atoms with van der Waals surface area (Å²) in [6.07, 6.45) is 2.89. The number of carbonyl (C=O) groups is 3. The molecule has 0 aromatic carbocycles. The van der Waals surface area contributed by atoms with Crippen LogP contribution in [0.5, 0.6) is 0 Å². The molecule has 4 N–H and O–H groups in total. The number of aldehydes is 1. The minimum atomic E-state index is -0.638. The lowest BCUT2D eigenvalue weighted by Crippen LogP contribution is -2.12. The first-order valence-electron chi connectivity index (χ1n) is 6.32. The SMILES string of the molecule is CCC.COC(=O)c1c(N/C(N)=C\C#N)csc1C=O.O=CO. The van der Waals surface area contributed by atoms with Gasteiger partial charge in [-0.2, -0.15) is 5.26 Å². The summed E-state index contributed by atoms with van der Waals surface area (Å²) in [6, 6.07) is 1.74. The van der Waals surface area contributed by atoms with Gasteiger partial charge in [-0.1, -0.05) is 20.3 Å². The maximum absolute atomic E-state index is 11.5. The van der Waals surface area contributed by atoms with Gasteiger partial charge in [-0.05, 0) is 0 Å². The summed E-state index contributed by atoms with van der Waals surface area (Å²) in [6.45, 7) is 4.00. The Morgan fingerprint density at radius 1 is 1.52 bits per heavy atom. The van der Waals surface area contributed by atoms with Gasteiger partial charge in [0.05, 0.1) is 29.8 Å². The molecular weight excluding hydrogens is 322 g/mol. The molecule has 1 heterocycles. The Morgan fingerprint density at radius 3 is 2.43 bits per heavy atom. The van der Waals surface area contributed by atoms with E-state index in [-0.39, 0.29) is 22.7 Å². The van der Waals surface area contributed by atoms with Crippen molar-refractivity contribution < 1.29 is 24.2 Å². The predicted octanol–water partition coefficient (Wildman–Crippen LogP) is 2.20. The van der Waals surface area contributed by atoms with Crippen molar-refractivity contribution in [1.82, 2.24) is 0 Å². The molecule has 0 unspecified atom stereocenters. The van der Waals surface area contributed by atoms with E-state index in [1.54, 1.807) is 11.4 Å². The minimum Gasteiger partial charge on any atom is -0.483 e. The van der Waals surface area contributed by atoms with Gasteiger partial charge in [-0.15, -0.1) is 11.3 Å². The molecule has 0 amide bonds. The first-order chi connectivity index (χ1) is 11.0. The number of rotatable bonds is 4. The van der Waals surface area contributed by atoms with Crippen LogP contribution in [0.3, 0.4) is 0 Å². The highest BCUT2D eigenvalue weighted by Gasteiger charge is 2.19. The predicted molar refractivity (Wildman–Crippen MR) is 87.2 cm³/mol. The van der Waals surface area contributed by atoms with E-state index < -0.39 is 5.97 Å². The standard InChI is InChI=1S/C10H9N3O3S.C3H8.CH2O2/c1-16-10(15)9-6(5-17-7(9)4-14)13-8(12)2-3-11;1-3-2;2-1-3/h2,4-5,13H,12H2,1H3;3H2,1-2H3;1H,(H,2,3)/b8-2-;;. The van der Waals surface area contributed by atoms with Crippen molar-refractivity contribution in [2.45, 2.75) is 20.3 Å². The van der Waals surface area contributed by atoms with E-state index in [2.05, 4.69) is 23.9 Å². The molecule has 0 saturated carbocycles. The zero-order valence-electron chi connectivity index (χ0n) is 13.0. The van der Waals surface area contributed by atoms with Gasteiger partial charge < -0.3 is 20.9 Å². The number of ether oxygens (including phenoxy) is 1. The summed E-state index contributed by atoms with van der Waals surface area (Å²) in [5.41, 5.74) is 5.92. The average Bonchev–Trinajstić information content (AvgIpc) is 2.91. The van der Waals surface area contributed by atoms with Crippen molar-refractivity contribution in [3.05, 3.63) is 27.7 Å². The number of nitrogens with two attached hydrogens (primary N) is 1. The number of nitrogens with zero attached hydrogens (tertiary/aromatic N) is 1. The smallest absolute Gasteiger partial charge is 0.341 e. The van der Waals surface area contributed by atoms with Crippen LogP contribution >= 0.6 is 11.3 Å². The van der Waals surface area contributed by atoms with Gasteiger partial charge in [0.2, 0.25) is 0 Å². The quantitative estimate of drug-likeness (QED) is 0.429. The molecule has 0 saturated heterocycles. The molecule has 23 heavy (non-hydrogen) atoms. The lowest BCUT2D eigenvalue weighted by molar-refractivity contribution is -0.122. The molecule has 126 valence electrons. The third-order valence-electron chi connectivity index (χ3n) is 1.82. The van der Waals surface area contributed by atoms with Crippen LogP contribution < -0.4 is 11.1 Å². The highest BCUT2D eigenvalue weighted by atomic mass is 32.1. The van der Waals surface area contributed by atoms with Crippen molar-refractivity contribution in [3.63, 3.8) is 0 Å². The van der Waals surface area contributed by atoms with Crippen molar-refractivity contribution in [2.24, 2.45) is 5.73 Å². The second-order valence-corrected chi connectivity index (χ2v) is 4.58. The van der Waals surface area contributed by atoms with Gasteiger partial charge in [-0.3, -0.25) is 9.59 Å². The molecule has 8 nitrogen and oxygen atoms in total. The van der Waals surface area contributed by atoms with E-state index in [1.807, 2.05) is 0 Å². The zero-order chi connectivity index (χ0) is 18.3. The molecule has 0 spiro atoms. The van der Waals surface area contributed by atoms with Crippen LogP contribution in [0.15, 0.2) is 17.3 Å². The topological polar surface area (TPSA) is 143 Å². The molecule has 0 fully saturated rings. The van der Waals surface area contributed by atoms with E-state index >= 15 is 0 Å². The Bertz CT molecular complexity index is 575. The minimum absolute atomic E-state index is 0.0768. The van der Waals surface area contributed by atoms with Crippen LogP contribution in [0.25, 0.3) is 0 Å². The van der Waals surface area contributed by atoms with Gasteiger partial charge in [0.15, 0.2) is 6.29 Å². The first kappa shape index (κ1) is 22.4. The molecule has 1 aromatic rings. The van der Waals surface area contributed by atoms with Crippen LogP contribution in [0.2, 0.25) is 0 Å². The van der Waals surface area contributed by atoms with Gasteiger partial charge in [-0.25, -0.2) is 4.79 Å². The number of nitrogens with one attached hydrogen (secondary N) is 1. The largest absolute Gasteiger partial charge is 0.483 e. The number of anilines is 1. The fourth-order valence-corrected chi connectivity index (χ4v) is 1.91. The fraction of sp³-hybridized carbons (Fsp3) is 0.286. The number of allylic oxidation sites excluding steroid dienone is 1. The number of thiophene rings is 1. The lowest BCUT2D eigenvalue weighted by atomic mass is 10.2. The number of methoxy groups -OCH3 is 1. The third-order valence-corrected chi connectivity index (χ3v) is 2.72. The Balaban J connectivity index is 0. The number of esters is 1. The van der Waals surface area contributed by atoms with Crippen molar-refractivity contribution in [1.29, 1.82) is 5.26 Å². The summed E-state index contributed by atoms with van der Waals surface area (Å²) < 4.78 is 4.56. The summed E-state index contributed by atoms with van der Waals surface area (Å²) >= 11 is 1.08. The van der Waals surface area contributed by atoms with E-state index in [1.165, 1.54) is 13.5 Å². The number of hydrogen-bond acceptors (Lipinski definition) is 8. The Morgan fingerprint density at radius 2 is 2.04 bits per heavy atom. The van der Waals surface area contributed by atoms with Crippen LogP contribution in [0.1, 0.15) is 40.3 Å².